The fourth-order valence-electron chi connectivity index (χ4n) is 1.13. The van der Waals surface area contributed by atoms with Crippen LogP contribution in [-0.2, 0) is 0 Å². The average Bonchev–Trinajstić information content (AvgIpc) is 2.50. The molecule has 0 unspecified atom stereocenters. The summed E-state index contributed by atoms with van der Waals surface area (Å²) in [5.41, 5.74) is 0.660. The molecule has 12 heavy (non-hydrogen) atoms. The number of thiophene rings is 1. The van der Waals surface area contributed by atoms with Gasteiger partial charge in [0.25, 0.3) is 0 Å². The second kappa shape index (κ2) is 2.78. The molecule has 0 aliphatic rings. The first kappa shape index (κ1) is 7.60. The maximum atomic E-state index is 8.78. The summed E-state index contributed by atoms with van der Waals surface area (Å²) in [6.45, 7) is 0. The molecule has 1 nitrogen and oxygen atoms in total. The van der Waals surface area contributed by atoms with E-state index in [9.17, 15) is 0 Å². The van der Waals surface area contributed by atoms with Crippen LogP contribution in [0.15, 0.2) is 23.6 Å². The van der Waals surface area contributed by atoms with E-state index in [4.69, 9.17) is 16.9 Å². The van der Waals surface area contributed by atoms with Gasteiger partial charge in [-0.1, -0.05) is 11.6 Å². The SMILES string of the molecule is N#Cc1cc(Cl)cc2ccsc12. The summed E-state index contributed by atoms with van der Waals surface area (Å²) in [6, 6.07) is 7.65. The predicted octanol–water partition coefficient (Wildman–Crippen LogP) is 3.43. The van der Waals surface area contributed by atoms with E-state index in [1.807, 2.05) is 17.5 Å². The van der Waals surface area contributed by atoms with Gasteiger partial charge in [0.1, 0.15) is 6.07 Å². The largest absolute Gasteiger partial charge is 0.192 e. The molecule has 0 radical (unpaired) electrons. The third-order valence-corrected chi connectivity index (χ3v) is 2.82. The second-order valence-corrected chi connectivity index (χ2v) is 3.76. The fourth-order valence-corrected chi connectivity index (χ4v) is 2.20. The molecule has 1 aromatic heterocycles. The smallest absolute Gasteiger partial charge is 0.101 e. The molecule has 0 aliphatic heterocycles. The Kier molecular flexibility index (Phi) is 1.76. The van der Waals surface area contributed by atoms with E-state index in [1.165, 1.54) is 0 Å². The number of fused-ring (bicyclic) bond motifs is 1. The van der Waals surface area contributed by atoms with Crippen LogP contribution in [-0.4, -0.2) is 0 Å². The van der Waals surface area contributed by atoms with Crippen LogP contribution in [0.1, 0.15) is 5.56 Å². The normalized spacial score (nSPS) is 10.0. The van der Waals surface area contributed by atoms with E-state index in [0.717, 1.165) is 10.1 Å². The van der Waals surface area contributed by atoms with Gasteiger partial charge in [-0.15, -0.1) is 11.3 Å². The van der Waals surface area contributed by atoms with Gasteiger partial charge in [-0.05, 0) is 29.0 Å². The first-order chi connectivity index (χ1) is 5.81. The van der Waals surface area contributed by atoms with Gasteiger partial charge in [-0.3, -0.25) is 0 Å². The summed E-state index contributed by atoms with van der Waals surface area (Å²) in [7, 11) is 0. The van der Waals surface area contributed by atoms with Crippen molar-refractivity contribution in [3.63, 3.8) is 0 Å². The van der Waals surface area contributed by atoms with E-state index >= 15 is 0 Å². The van der Waals surface area contributed by atoms with Crippen molar-refractivity contribution in [3.8, 4) is 6.07 Å². The van der Waals surface area contributed by atoms with Crippen molar-refractivity contribution in [2.75, 3.05) is 0 Å². The van der Waals surface area contributed by atoms with Gasteiger partial charge >= 0.3 is 0 Å². The molecule has 0 atom stereocenters. The minimum absolute atomic E-state index is 0.623. The fraction of sp³-hybridized carbons (Fsp3) is 0. The van der Waals surface area contributed by atoms with Crippen molar-refractivity contribution >= 4 is 33.0 Å². The van der Waals surface area contributed by atoms with E-state index < -0.39 is 0 Å². The zero-order valence-electron chi connectivity index (χ0n) is 6.04. The van der Waals surface area contributed by atoms with Crippen LogP contribution in [0.25, 0.3) is 10.1 Å². The zero-order chi connectivity index (χ0) is 8.55. The van der Waals surface area contributed by atoms with Crippen LogP contribution < -0.4 is 0 Å². The van der Waals surface area contributed by atoms with Crippen LogP contribution in [0.3, 0.4) is 0 Å². The number of rotatable bonds is 0. The zero-order valence-corrected chi connectivity index (χ0v) is 7.62. The molecule has 3 heteroatoms. The van der Waals surface area contributed by atoms with Crippen molar-refractivity contribution in [1.82, 2.24) is 0 Å². The molecule has 0 aliphatic carbocycles. The molecule has 1 heterocycles. The van der Waals surface area contributed by atoms with Crippen molar-refractivity contribution in [1.29, 1.82) is 5.26 Å². The molecule has 0 N–H and O–H groups in total. The second-order valence-electron chi connectivity index (χ2n) is 2.40. The third kappa shape index (κ3) is 1.08. The summed E-state index contributed by atoms with van der Waals surface area (Å²) in [5.74, 6) is 0. The molecule has 0 fully saturated rings. The van der Waals surface area contributed by atoms with E-state index in [0.29, 0.717) is 10.6 Å². The Labute approximate surface area is 78.8 Å². The summed E-state index contributed by atoms with van der Waals surface area (Å²) in [6.07, 6.45) is 0. The third-order valence-electron chi connectivity index (χ3n) is 1.64. The van der Waals surface area contributed by atoms with Crippen molar-refractivity contribution in [2.45, 2.75) is 0 Å². The lowest BCUT2D eigenvalue weighted by molar-refractivity contribution is 1.51. The number of halogens is 1. The molecule has 0 bridgehead atoms. The Morgan fingerprint density at radius 1 is 1.42 bits per heavy atom. The molecule has 2 rings (SSSR count). The van der Waals surface area contributed by atoms with E-state index in [-0.39, 0.29) is 0 Å². The van der Waals surface area contributed by atoms with Gasteiger partial charge in [0.05, 0.1) is 10.3 Å². The summed E-state index contributed by atoms with van der Waals surface area (Å²) >= 11 is 7.38. The lowest BCUT2D eigenvalue weighted by Gasteiger charge is -1.93. The maximum Gasteiger partial charge on any atom is 0.101 e. The molecule has 1 aromatic carbocycles. The van der Waals surface area contributed by atoms with Gasteiger partial charge in [0.15, 0.2) is 0 Å². The lowest BCUT2D eigenvalue weighted by Crippen LogP contribution is -1.73. The van der Waals surface area contributed by atoms with Crippen molar-refractivity contribution < 1.29 is 0 Å². The highest BCUT2D eigenvalue weighted by Crippen LogP contribution is 2.27. The van der Waals surface area contributed by atoms with Gasteiger partial charge in [0.2, 0.25) is 0 Å². The first-order valence-electron chi connectivity index (χ1n) is 3.38. The Balaban J connectivity index is 2.91. The van der Waals surface area contributed by atoms with Gasteiger partial charge in [0, 0.05) is 5.02 Å². The number of nitriles is 1. The standard InChI is InChI=1S/C9H4ClNS/c10-8-3-6-1-2-12-9(6)7(4-8)5-11/h1-4H. The average molecular weight is 194 g/mol. The Morgan fingerprint density at radius 3 is 3.00 bits per heavy atom. The predicted molar refractivity (Wildman–Crippen MR) is 51.6 cm³/mol. The Morgan fingerprint density at radius 2 is 2.25 bits per heavy atom. The highest BCUT2D eigenvalue weighted by molar-refractivity contribution is 7.17. The topological polar surface area (TPSA) is 23.8 Å². The molecule has 0 spiro atoms. The van der Waals surface area contributed by atoms with Gasteiger partial charge in [-0.25, -0.2) is 0 Å². The quantitative estimate of drug-likeness (QED) is 0.629. The lowest BCUT2D eigenvalue weighted by atomic mass is 10.2. The molecule has 2 aromatic rings. The van der Waals surface area contributed by atoms with Crippen molar-refractivity contribution in [2.24, 2.45) is 0 Å². The maximum absolute atomic E-state index is 8.78. The molecule has 0 saturated carbocycles. The Hall–Kier alpha value is -1.04. The Bertz CT molecular complexity index is 467. The number of benzene rings is 1. The van der Waals surface area contributed by atoms with Gasteiger partial charge < -0.3 is 0 Å². The van der Waals surface area contributed by atoms with Crippen LogP contribution in [0, 0.1) is 11.3 Å². The number of hydrogen-bond acceptors (Lipinski definition) is 2. The van der Waals surface area contributed by atoms with Crippen LogP contribution in [0.2, 0.25) is 5.02 Å². The van der Waals surface area contributed by atoms with Crippen LogP contribution in [0.4, 0.5) is 0 Å². The molecular weight excluding hydrogens is 190 g/mol. The highest BCUT2D eigenvalue weighted by atomic mass is 35.5. The molecular formula is C9H4ClNS. The van der Waals surface area contributed by atoms with Crippen LogP contribution >= 0.6 is 22.9 Å². The number of hydrogen-bond donors (Lipinski definition) is 0. The molecule has 0 amide bonds. The summed E-state index contributed by atoms with van der Waals surface area (Å²) in [5, 5.41) is 12.4. The minimum atomic E-state index is 0.623. The summed E-state index contributed by atoms with van der Waals surface area (Å²) in [4.78, 5) is 0. The highest BCUT2D eigenvalue weighted by Gasteiger charge is 2.02. The summed E-state index contributed by atoms with van der Waals surface area (Å²) < 4.78 is 1.02. The van der Waals surface area contributed by atoms with Crippen LogP contribution in [0.5, 0.6) is 0 Å². The number of nitrogens with zero attached hydrogens (tertiary/aromatic N) is 1. The molecule has 0 saturated heterocycles. The van der Waals surface area contributed by atoms with E-state index in [2.05, 4.69) is 6.07 Å². The van der Waals surface area contributed by atoms with Gasteiger partial charge in [-0.2, -0.15) is 5.26 Å². The minimum Gasteiger partial charge on any atom is -0.192 e. The monoisotopic (exact) mass is 193 g/mol. The van der Waals surface area contributed by atoms with E-state index in [1.54, 1.807) is 17.4 Å². The molecule has 58 valence electrons. The first-order valence-corrected chi connectivity index (χ1v) is 4.64. The van der Waals surface area contributed by atoms with Crippen molar-refractivity contribution in [3.05, 3.63) is 34.2 Å².